The number of aliphatic hydroxyl groups is 1. The molecule has 0 aliphatic carbocycles. The Hall–Kier alpha value is -2.40. The van der Waals surface area contributed by atoms with Crippen molar-refractivity contribution in [3.05, 3.63) is 70.8 Å². The average Bonchev–Trinajstić information content (AvgIpc) is 2.81. The van der Waals surface area contributed by atoms with Gasteiger partial charge in [-0.2, -0.15) is 0 Å². The Bertz CT molecular complexity index is 1180. The Morgan fingerprint density at radius 2 is 1.73 bits per heavy atom. The highest BCUT2D eigenvalue weighted by atomic mass is 32.2. The zero-order chi connectivity index (χ0) is 27.4. The second-order valence-electron chi connectivity index (χ2n) is 10.3. The van der Waals surface area contributed by atoms with Crippen LogP contribution in [0.4, 0.5) is 8.78 Å². The minimum atomic E-state index is -3.33. The fourth-order valence-corrected chi connectivity index (χ4v) is 5.78. The van der Waals surface area contributed by atoms with Crippen molar-refractivity contribution >= 4 is 15.9 Å². The molecule has 1 heterocycles. The van der Waals surface area contributed by atoms with Gasteiger partial charge < -0.3 is 15.7 Å². The number of aliphatic hydroxyl groups excluding tert-OH is 1. The number of rotatable bonds is 10. The molecule has 2 atom stereocenters. The first kappa shape index (κ1) is 29.2. The fourth-order valence-electron chi connectivity index (χ4n) is 4.93. The van der Waals surface area contributed by atoms with Crippen molar-refractivity contribution in [3.8, 4) is 0 Å². The van der Waals surface area contributed by atoms with Gasteiger partial charge in [0.1, 0.15) is 11.6 Å². The fraction of sp³-hybridized carbons (Fsp3) is 0.519. The van der Waals surface area contributed by atoms with Crippen LogP contribution in [0, 0.1) is 11.6 Å². The number of benzene rings is 2. The average molecular weight is 538 g/mol. The summed E-state index contributed by atoms with van der Waals surface area (Å²) >= 11 is 0. The number of piperidine rings is 1. The minimum Gasteiger partial charge on any atom is -0.390 e. The molecule has 37 heavy (non-hydrogen) atoms. The van der Waals surface area contributed by atoms with E-state index in [-0.39, 0.29) is 18.9 Å². The van der Waals surface area contributed by atoms with E-state index in [0.29, 0.717) is 37.4 Å². The number of nitrogens with zero attached hydrogens (tertiary/aromatic N) is 1. The minimum absolute atomic E-state index is 0.0365. The highest BCUT2D eigenvalue weighted by Crippen LogP contribution is 2.35. The SMILES string of the molecule is CC(=O)N[C@@H](Cc1cc(F)cc(F)c1)[C@H](O)CNC1(c2cccc(C(C)C)c2)CCN(S(C)(=O)=O)CC1. The molecular weight excluding hydrogens is 500 g/mol. The number of nitrogens with one attached hydrogen (secondary N) is 2. The number of hydrogen-bond acceptors (Lipinski definition) is 5. The van der Waals surface area contributed by atoms with Crippen molar-refractivity contribution in [2.45, 2.75) is 63.6 Å². The van der Waals surface area contributed by atoms with Gasteiger partial charge in [0.2, 0.25) is 15.9 Å². The van der Waals surface area contributed by atoms with E-state index in [2.05, 4.69) is 30.5 Å². The molecule has 1 aliphatic rings. The number of amides is 1. The molecule has 2 aromatic rings. The van der Waals surface area contributed by atoms with Gasteiger partial charge in [-0.1, -0.05) is 38.1 Å². The highest BCUT2D eigenvalue weighted by Gasteiger charge is 2.39. The first-order valence-electron chi connectivity index (χ1n) is 12.5. The molecule has 1 saturated heterocycles. The Morgan fingerprint density at radius 1 is 1.11 bits per heavy atom. The van der Waals surface area contributed by atoms with Gasteiger partial charge in [-0.15, -0.1) is 0 Å². The first-order chi connectivity index (χ1) is 17.3. The number of sulfonamides is 1. The second kappa shape index (κ2) is 12.0. The quantitative estimate of drug-likeness (QED) is 0.433. The Morgan fingerprint density at radius 3 is 2.27 bits per heavy atom. The molecule has 10 heteroatoms. The number of carbonyl (C=O) groups is 1. The summed E-state index contributed by atoms with van der Waals surface area (Å²) in [5.74, 6) is -1.53. The zero-order valence-corrected chi connectivity index (χ0v) is 22.6. The van der Waals surface area contributed by atoms with E-state index in [1.54, 1.807) is 0 Å². The molecule has 0 spiro atoms. The number of carbonyl (C=O) groups excluding carboxylic acids is 1. The predicted octanol–water partition coefficient (Wildman–Crippen LogP) is 3.04. The van der Waals surface area contributed by atoms with E-state index >= 15 is 0 Å². The third-order valence-electron chi connectivity index (χ3n) is 7.03. The van der Waals surface area contributed by atoms with Crippen LogP contribution >= 0.6 is 0 Å². The normalized spacial score (nSPS) is 17.9. The van der Waals surface area contributed by atoms with E-state index in [4.69, 9.17) is 0 Å². The van der Waals surface area contributed by atoms with Crippen LogP contribution in [0.2, 0.25) is 0 Å². The molecule has 0 aromatic heterocycles. The lowest BCUT2D eigenvalue weighted by atomic mass is 9.80. The Balaban J connectivity index is 1.84. The summed E-state index contributed by atoms with van der Waals surface area (Å²) < 4.78 is 53.2. The van der Waals surface area contributed by atoms with Gasteiger partial charge in [0.15, 0.2) is 0 Å². The highest BCUT2D eigenvalue weighted by molar-refractivity contribution is 7.88. The summed E-state index contributed by atoms with van der Waals surface area (Å²) in [6.07, 6.45) is 1.15. The molecule has 0 radical (unpaired) electrons. The summed E-state index contributed by atoms with van der Waals surface area (Å²) in [5, 5.41) is 17.3. The molecule has 1 aliphatic heterocycles. The van der Waals surface area contributed by atoms with Crippen LogP contribution in [0.15, 0.2) is 42.5 Å². The molecule has 3 rings (SSSR count). The maximum absolute atomic E-state index is 13.7. The van der Waals surface area contributed by atoms with E-state index in [1.165, 1.54) is 29.6 Å². The van der Waals surface area contributed by atoms with Crippen LogP contribution in [0.25, 0.3) is 0 Å². The molecular formula is C27H37F2N3O4S. The van der Waals surface area contributed by atoms with Gasteiger partial charge in [-0.25, -0.2) is 21.5 Å². The molecule has 0 bridgehead atoms. The third kappa shape index (κ3) is 7.80. The van der Waals surface area contributed by atoms with Crippen LogP contribution in [0.3, 0.4) is 0 Å². The third-order valence-corrected chi connectivity index (χ3v) is 8.33. The molecule has 2 aromatic carbocycles. The van der Waals surface area contributed by atoms with Gasteiger partial charge in [0, 0.05) is 38.2 Å². The van der Waals surface area contributed by atoms with E-state index in [1.807, 2.05) is 18.2 Å². The summed E-state index contributed by atoms with van der Waals surface area (Å²) in [7, 11) is -3.33. The summed E-state index contributed by atoms with van der Waals surface area (Å²) in [6.45, 7) is 6.24. The molecule has 1 fully saturated rings. The Labute approximate surface area is 218 Å². The summed E-state index contributed by atoms with van der Waals surface area (Å²) in [6, 6.07) is 10.5. The number of hydrogen-bond donors (Lipinski definition) is 3. The molecule has 204 valence electrons. The van der Waals surface area contributed by atoms with Crippen molar-refractivity contribution in [1.82, 2.24) is 14.9 Å². The molecule has 0 unspecified atom stereocenters. The lowest BCUT2D eigenvalue weighted by Gasteiger charge is -2.43. The van der Waals surface area contributed by atoms with E-state index < -0.39 is 39.3 Å². The van der Waals surface area contributed by atoms with Crippen molar-refractivity contribution in [2.24, 2.45) is 0 Å². The first-order valence-corrected chi connectivity index (χ1v) is 14.3. The number of halogens is 2. The second-order valence-corrected chi connectivity index (χ2v) is 12.2. The van der Waals surface area contributed by atoms with Gasteiger partial charge in [0.25, 0.3) is 0 Å². The van der Waals surface area contributed by atoms with Crippen LogP contribution in [-0.2, 0) is 26.8 Å². The van der Waals surface area contributed by atoms with Crippen molar-refractivity contribution in [2.75, 3.05) is 25.9 Å². The van der Waals surface area contributed by atoms with Crippen molar-refractivity contribution < 1.29 is 27.1 Å². The predicted molar refractivity (Wildman–Crippen MR) is 140 cm³/mol. The monoisotopic (exact) mass is 537 g/mol. The summed E-state index contributed by atoms with van der Waals surface area (Å²) in [4.78, 5) is 11.9. The van der Waals surface area contributed by atoms with Crippen LogP contribution in [0.5, 0.6) is 0 Å². The lowest BCUT2D eigenvalue weighted by Crippen LogP contribution is -2.56. The maximum atomic E-state index is 13.7. The van der Waals surface area contributed by atoms with Crippen molar-refractivity contribution in [3.63, 3.8) is 0 Å². The van der Waals surface area contributed by atoms with Gasteiger partial charge in [-0.05, 0) is 54.0 Å². The zero-order valence-electron chi connectivity index (χ0n) is 21.8. The van der Waals surface area contributed by atoms with Gasteiger partial charge in [-0.3, -0.25) is 4.79 Å². The van der Waals surface area contributed by atoms with Gasteiger partial charge in [0.05, 0.1) is 18.4 Å². The van der Waals surface area contributed by atoms with Crippen molar-refractivity contribution in [1.29, 1.82) is 0 Å². The van der Waals surface area contributed by atoms with Crippen LogP contribution < -0.4 is 10.6 Å². The lowest BCUT2D eigenvalue weighted by molar-refractivity contribution is -0.120. The Kier molecular flexibility index (Phi) is 9.44. The van der Waals surface area contributed by atoms with E-state index in [9.17, 15) is 27.1 Å². The largest absolute Gasteiger partial charge is 0.390 e. The maximum Gasteiger partial charge on any atom is 0.217 e. The van der Waals surface area contributed by atoms with Crippen LogP contribution in [-0.4, -0.2) is 61.8 Å². The molecule has 0 saturated carbocycles. The van der Waals surface area contributed by atoms with Gasteiger partial charge >= 0.3 is 0 Å². The summed E-state index contributed by atoms with van der Waals surface area (Å²) in [5.41, 5.74) is 1.87. The standard InChI is InChI=1S/C27H37F2N3O4S/c1-18(2)21-6-5-7-22(15-21)27(8-10-32(11-9-27)37(4,35)36)30-17-26(34)25(31-19(3)33)14-20-12-23(28)16-24(29)13-20/h5-7,12-13,15-16,18,25-26,30,34H,8-11,14,17H2,1-4H3,(H,31,33)/t25-,26+/m0/s1. The smallest absolute Gasteiger partial charge is 0.217 e. The molecule has 3 N–H and O–H groups in total. The van der Waals surface area contributed by atoms with Crippen LogP contribution in [0.1, 0.15) is 56.2 Å². The molecule has 7 nitrogen and oxygen atoms in total. The molecule has 1 amide bonds. The topological polar surface area (TPSA) is 98.7 Å². The van der Waals surface area contributed by atoms with E-state index in [0.717, 1.165) is 17.2 Å².